The Hall–Kier alpha value is -2.66. The van der Waals surface area contributed by atoms with E-state index in [2.05, 4.69) is 10.4 Å². The minimum Gasteiger partial charge on any atom is -0.545 e. The number of hydrogen-bond acceptors (Lipinski definition) is 6. The molecular weight excluding hydrogens is 375 g/mol. The van der Waals surface area contributed by atoms with Crippen LogP contribution < -0.4 is 15.4 Å². The molecular formula is C15H13F3N3O4S-. The number of anilines is 1. The van der Waals surface area contributed by atoms with E-state index in [4.69, 9.17) is 0 Å². The van der Waals surface area contributed by atoms with Gasteiger partial charge in [-0.25, -0.2) is 13.4 Å². The third kappa shape index (κ3) is 4.29. The minimum atomic E-state index is -4.56. The lowest BCUT2D eigenvalue weighted by Gasteiger charge is -2.15. The number of carboxylic acid groups (broad SMARTS) is 1. The quantitative estimate of drug-likeness (QED) is 0.749. The molecule has 0 aliphatic rings. The summed E-state index contributed by atoms with van der Waals surface area (Å²) in [6, 6.07) is 3.88. The number of carbonyl (C=O) groups excluding carboxylic acids is 1. The standard InChI is InChI=1S/C15H14F3N3O4S/c1-8-5-10(14(22)23)6-12(9(8)2)26(24,25)21-20-13-4-3-11(7-19-13)15(16,17)18/h3-7,21H,1-2H3,(H,19,20)(H,22,23)/p-1. The molecule has 0 saturated heterocycles. The Morgan fingerprint density at radius 2 is 1.85 bits per heavy atom. The molecule has 0 bridgehead atoms. The predicted molar refractivity (Wildman–Crippen MR) is 83.4 cm³/mol. The number of nitrogens with one attached hydrogen (secondary N) is 2. The van der Waals surface area contributed by atoms with E-state index in [1.165, 1.54) is 19.9 Å². The fraction of sp³-hybridized carbons (Fsp3) is 0.200. The summed E-state index contributed by atoms with van der Waals surface area (Å²) >= 11 is 0. The van der Waals surface area contributed by atoms with E-state index in [9.17, 15) is 31.5 Å². The predicted octanol–water partition coefficient (Wildman–Crippen LogP) is 1.39. The molecule has 2 aromatic rings. The van der Waals surface area contributed by atoms with Crippen molar-refractivity contribution in [3.8, 4) is 0 Å². The fourth-order valence-electron chi connectivity index (χ4n) is 2.03. The summed E-state index contributed by atoms with van der Waals surface area (Å²) in [6.07, 6.45) is -4.02. The number of benzene rings is 1. The summed E-state index contributed by atoms with van der Waals surface area (Å²) in [5.74, 6) is -1.71. The van der Waals surface area contributed by atoms with Crippen molar-refractivity contribution in [2.45, 2.75) is 24.9 Å². The summed E-state index contributed by atoms with van der Waals surface area (Å²) in [5, 5.41) is 11.0. The summed E-state index contributed by atoms with van der Waals surface area (Å²) < 4.78 is 62.2. The number of hydrogen-bond donors (Lipinski definition) is 2. The van der Waals surface area contributed by atoms with Crippen LogP contribution in [0, 0.1) is 13.8 Å². The Kier molecular flexibility index (Phi) is 5.23. The Morgan fingerprint density at radius 3 is 2.35 bits per heavy atom. The van der Waals surface area contributed by atoms with Gasteiger partial charge in [-0.05, 0) is 54.8 Å². The third-order valence-corrected chi connectivity index (χ3v) is 4.92. The molecule has 0 amide bonds. The summed E-state index contributed by atoms with van der Waals surface area (Å²) in [5.41, 5.74) is 1.60. The highest BCUT2D eigenvalue weighted by Crippen LogP contribution is 2.28. The molecule has 0 aliphatic carbocycles. The van der Waals surface area contributed by atoms with Crippen LogP contribution in [0.2, 0.25) is 0 Å². The first-order valence-electron chi connectivity index (χ1n) is 7.05. The molecule has 26 heavy (non-hydrogen) atoms. The number of aromatic nitrogens is 1. The van der Waals surface area contributed by atoms with Crippen LogP contribution in [0.1, 0.15) is 27.0 Å². The highest BCUT2D eigenvalue weighted by atomic mass is 32.2. The first-order valence-corrected chi connectivity index (χ1v) is 8.54. The van der Waals surface area contributed by atoms with E-state index in [1.54, 1.807) is 0 Å². The number of carboxylic acids is 1. The molecule has 0 atom stereocenters. The second kappa shape index (κ2) is 6.92. The molecule has 1 heterocycles. The molecule has 1 aromatic carbocycles. The highest BCUT2D eigenvalue weighted by Gasteiger charge is 2.30. The Morgan fingerprint density at radius 1 is 1.19 bits per heavy atom. The number of aryl methyl sites for hydroxylation is 1. The molecule has 2 N–H and O–H groups in total. The Bertz CT molecular complexity index is 942. The smallest absolute Gasteiger partial charge is 0.417 e. The van der Waals surface area contributed by atoms with Crippen LogP contribution in [0.4, 0.5) is 19.0 Å². The van der Waals surface area contributed by atoms with Crippen molar-refractivity contribution >= 4 is 21.8 Å². The minimum absolute atomic E-state index is 0.174. The summed E-state index contributed by atoms with van der Waals surface area (Å²) in [7, 11) is -4.22. The molecule has 0 aliphatic heterocycles. The van der Waals surface area contributed by atoms with Crippen molar-refractivity contribution in [2.75, 3.05) is 5.43 Å². The van der Waals surface area contributed by atoms with Gasteiger partial charge in [-0.2, -0.15) is 13.2 Å². The zero-order valence-electron chi connectivity index (χ0n) is 13.5. The second-order valence-electron chi connectivity index (χ2n) is 5.36. The molecule has 11 heteroatoms. The summed E-state index contributed by atoms with van der Waals surface area (Å²) in [6.45, 7) is 3.02. The van der Waals surface area contributed by atoms with Gasteiger partial charge in [0.05, 0.1) is 16.4 Å². The maximum Gasteiger partial charge on any atom is 0.417 e. The number of hydrazine groups is 1. The molecule has 7 nitrogen and oxygen atoms in total. The van der Waals surface area contributed by atoms with Gasteiger partial charge < -0.3 is 9.90 Å². The van der Waals surface area contributed by atoms with Gasteiger partial charge in [0, 0.05) is 6.20 Å². The average Bonchev–Trinajstić information content (AvgIpc) is 2.54. The first-order chi connectivity index (χ1) is 11.9. The zero-order valence-corrected chi connectivity index (χ0v) is 14.3. The molecule has 0 fully saturated rings. The van der Waals surface area contributed by atoms with Crippen LogP contribution in [0.25, 0.3) is 0 Å². The normalized spacial score (nSPS) is 12.0. The molecule has 0 spiro atoms. The van der Waals surface area contributed by atoms with Gasteiger partial charge in [-0.15, -0.1) is 4.83 Å². The highest BCUT2D eigenvalue weighted by molar-refractivity contribution is 7.89. The topological polar surface area (TPSA) is 111 Å². The van der Waals surface area contributed by atoms with Crippen molar-refractivity contribution in [2.24, 2.45) is 0 Å². The van der Waals surface area contributed by atoms with Gasteiger partial charge in [0.2, 0.25) is 0 Å². The Balaban J connectivity index is 2.26. The lowest BCUT2D eigenvalue weighted by atomic mass is 10.1. The fourth-order valence-corrected chi connectivity index (χ4v) is 3.23. The van der Waals surface area contributed by atoms with Gasteiger partial charge in [-0.1, -0.05) is 0 Å². The van der Waals surface area contributed by atoms with Crippen LogP contribution >= 0.6 is 0 Å². The molecule has 1 aromatic heterocycles. The van der Waals surface area contributed by atoms with Crippen LogP contribution in [-0.4, -0.2) is 19.4 Å². The van der Waals surface area contributed by atoms with Gasteiger partial charge in [0.1, 0.15) is 5.82 Å². The number of rotatable bonds is 5. The average molecular weight is 388 g/mol. The van der Waals surface area contributed by atoms with E-state index in [-0.39, 0.29) is 16.3 Å². The summed E-state index contributed by atoms with van der Waals surface area (Å²) in [4.78, 5) is 16.1. The largest absolute Gasteiger partial charge is 0.545 e. The first kappa shape index (κ1) is 19.7. The van der Waals surface area contributed by atoms with Crippen LogP contribution in [0.15, 0.2) is 35.4 Å². The number of nitrogens with zero attached hydrogens (tertiary/aromatic N) is 1. The molecule has 0 radical (unpaired) electrons. The Labute approximate surface area is 146 Å². The van der Waals surface area contributed by atoms with E-state index in [0.717, 1.165) is 18.2 Å². The van der Waals surface area contributed by atoms with Crippen molar-refractivity contribution in [1.29, 1.82) is 0 Å². The van der Waals surface area contributed by atoms with E-state index in [0.29, 0.717) is 17.3 Å². The van der Waals surface area contributed by atoms with E-state index >= 15 is 0 Å². The van der Waals surface area contributed by atoms with Gasteiger partial charge >= 0.3 is 6.18 Å². The van der Waals surface area contributed by atoms with Crippen molar-refractivity contribution in [1.82, 2.24) is 9.82 Å². The van der Waals surface area contributed by atoms with Gasteiger partial charge in [0.25, 0.3) is 10.0 Å². The van der Waals surface area contributed by atoms with Crippen LogP contribution in [0.3, 0.4) is 0 Å². The number of halogens is 3. The van der Waals surface area contributed by atoms with Gasteiger partial charge in [0.15, 0.2) is 0 Å². The second-order valence-corrected chi connectivity index (χ2v) is 7.01. The number of carbonyl (C=O) groups is 1. The van der Waals surface area contributed by atoms with Gasteiger partial charge in [-0.3, -0.25) is 5.43 Å². The molecule has 140 valence electrons. The lowest BCUT2D eigenvalue weighted by Crippen LogP contribution is -2.31. The molecule has 0 unspecified atom stereocenters. The maximum atomic E-state index is 12.5. The van der Waals surface area contributed by atoms with Crippen molar-refractivity contribution < 1.29 is 31.5 Å². The zero-order chi connectivity index (χ0) is 19.7. The van der Waals surface area contributed by atoms with Crippen molar-refractivity contribution in [3.63, 3.8) is 0 Å². The maximum absolute atomic E-state index is 12.5. The monoisotopic (exact) mass is 388 g/mol. The SMILES string of the molecule is Cc1cc(C(=O)[O-])cc(S(=O)(=O)NNc2ccc(C(F)(F)F)cn2)c1C. The number of sulfonamides is 1. The van der Waals surface area contributed by atoms with E-state index < -0.39 is 27.7 Å². The molecule has 0 saturated carbocycles. The lowest BCUT2D eigenvalue weighted by molar-refractivity contribution is -0.255. The number of alkyl halides is 3. The van der Waals surface area contributed by atoms with Crippen LogP contribution in [-0.2, 0) is 16.2 Å². The van der Waals surface area contributed by atoms with Crippen LogP contribution in [0.5, 0.6) is 0 Å². The number of aromatic carboxylic acids is 1. The molecule has 2 rings (SSSR count). The van der Waals surface area contributed by atoms with Crippen molar-refractivity contribution in [3.05, 3.63) is 52.7 Å². The van der Waals surface area contributed by atoms with E-state index in [1.807, 2.05) is 4.83 Å². The third-order valence-electron chi connectivity index (χ3n) is 3.55. The number of pyridine rings is 1.